The third-order valence-electron chi connectivity index (χ3n) is 5.66. The fraction of sp³-hybridized carbons (Fsp3) is 0.217. The monoisotopic (exact) mass is 419 g/mol. The van der Waals surface area contributed by atoms with E-state index in [4.69, 9.17) is 16.6 Å². The minimum atomic E-state index is 0.164. The molecule has 6 nitrogen and oxygen atoms in total. The van der Waals surface area contributed by atoms with E-state index in [1.165, 1.54) is 5.69 Å². The molecule has 2 aromatic carbocycles. The zero-order valence-corrected chi connectivity index (χ0v) is 17.4. The molecule has 5 rings (SSSR count). The number of phenolic OH excluding ortho intramolecular Hbond substituents is 1. The molecule has 1 fully saturated rings. The lowest BCUT2D eigenvalue weighted by atomic mass is 10.0. The SMILES string of the molecule is CN1CCN(c2ccc3nc(-c4cc(-c5cccnc5Cl)ccc4O)[nH]c3c2)CC1. The molecule has 1 saturated heterocycles. The molecule has 0 amide bonds. The molecule has 152 valence electrons. The van der Waals surface area contributed by atoms with E-state index >= 15 is 0 Å². The fourth-order valence-corrected chi connectivity index (χ4v) is 4.11. The lowest BCUT2D eigenvalue weighted by Gasteiger charge is -2.34. The molecule has 30 heavy (non-hydrogen) atoms. The van der Waals surface area contributed by atoms with E-state index in [0.29, 0.717) is 16.5 Å². The lowest BCUT2D eigenvalue weighted by Crippen LogP contribution is -2.44. The van der Waals surface area contributed by atoms with Crippen LogP contribution in [0.2, 0.25) is 5.15 Å². The summed E-state index contributed by atoms with van der Waals surface area (Å²) in [5, 5.41) is 10.9. The van der Waals surface area contributed by atoms with E-state index < -0.39 is 0 Å². The van der Waals surface area contributed by atoms with Crippen molar-refractivity contribution in [1.82, 2.24) is 19.9 Å². The molecule has 3 heterocycles. The average Bonchev–Trinajstić information content (AvgIpc) is 3.18. The zero-order chi connectivity index (χ0) is 20.7. The Kier molecular flexibility index (Phi) is 4.81. The molecule has 1 aliphatic rings. The van der Waals surface area contributed by atoms with Gasteiger partial charge in [-0.3, -0.25) is 0 Å². The molecule has 0 saturated carbocycles. The number of H-pyrrole nitrogens is 1. The Morgan fingerprint density at radius 3 is 2.63 bits per heavy atom. The number of nitrogens with zero attached hydrogens (tertiary/aromatic N) is 4. The van der Waals surface area contributed by atoms with Gasteiger partial charge in [0.15, 0.2) is 0 Å². The number of benzene rings is 2. The summed E-state index contributed by atoms with van der Waals surface area (Å²) >= 11 is 6.26. The van der Waals surface area contributed by atoms with E-state index in [1.54, 1.807) is 12.3 Å². The van der Waals surface area contributed by atoms with Crippen LogP contribution >= 0.6 is 11.6 Å². The maximum absolute atomic E-state index is 10.5. The highest BCUT2D eigenvalue weighted by Gasteiger charge is 2.17. The summed E-state index contributed by atoms with van der Waals surface area (Å²) in [7, 11) is 2.15. The highest BCUT2D eigenvalue weighted by atomic mass is 35.5. The number of rotatable bonds is 3. The van der Waals surface area contributed by atoms with Gasteiger partial charge in [0.05, 0.1) is 16.6 Å². The van der Waals surface area contributed by atoms with Crippen LogP contribution in [0.25, 0.3) is 33.5 Å². The van der Waals surface area contributed by atoms with Crippen molar-refractivity contribution in [1.29, 1.82) is 0 Å². The van der Waals surface area contributed by atoms with Crippen LogP contribution in [0, 0.1) is 0 Å². The predicted octanol–water partition coefficient (Wildman–Crippen LogP) is 4.40. The van der Waals surface area contributed by atoms with Gasteiger partial charge in [-0.25, -0.2) is 9.97 Å². The Bertz CT molecular complexity index is 1210. The number of piperazine rings is 1. The molecule has 0 radical (unpaired) electrons. The van der Waals surface area contributed by atoms with Crippen LogP contribution in [-0.2, 0) is 0 Å². The van der Waals surface area contributed by atoms with Gasteiger partial charge in [-0.2, -0.15) is 0 Å². The third kappa shape index (κ3) is 3.49. The first kappa shape index (κ1) is 18.9. The summed E-state index contributed by atoms with van der Waals surface area (Å²) in [6, 6.07) is 15.4. The maximum Gasteiger partial charge on any atom is 0.142 e. The van der Waals surface area contributed by atoms with Crippen molar-refractivity contribution in [2.75, 3.05) is 38.1 Å². The van der Waals surface area contributed by atoms with Gasteiger partial charge in [-0.1, -0.05) is 17.7 Å². The van der Waals surface area contributed by atoms with Gasteiger partial charge in [0.25, 0.3) is 0 Å². The van der Waals surface area contributed by atoms with E-state index in [9.17, 15) is 5.11 Å². The third-order valence-corrected chi connectivity index (χ3v) is 5.96. The van der Waals surface area contributed by atoms with Crippen molar-refractivity contribution in [3.63, 3.8) is 0 Å². The number of imidazole rings is 1. The highest BCUT2D eigenvalue weighted by molar-refractivity contribution is 6.32. The van der Waals surface area contributed by atoms with Gasteiger partial charge >= 0.3 is 0 Å². The number of aromatic hydroxyl groups is 1. The van der Waals surface area contributed by atoms with Crippen LogP contribution in [0.3, 0.4) is 0 Å². The summed E-state index contributed by atoms with van der Waals surface area (Å²) < 4.78 is 0. The van der Waals surface area contributed by atoms with Crippen molar-refractivity contribution < 1.29 is 5.11 Å². The smallest absolute Gasteiger partial charge is 0.142 e. The number of pyridine rings is 1. The number of hydrogen-bond donors (Lipinski definition) is 2. The molecular weight excluding hydrogens is 398 g/mol. The Morgan fingerprint density at radius 1 is 1.00 bits per heavy atom. The number of nitrogens with one attached hydrogen (secondary N) is 1. The quantitative estimate of drug-likeness (QED) is 0.481. The van der Waals surface area contributed by atoms with Crippen LogP contribution in [0.5, 0.6) is 5.75 Å². The van der Waals surface area contributed by atoms with E-state index in [2.05, 4.69) is 38.9 Å². The Balaban J connectivity index is 1.52. The summed E-state index contributed by atoms with van der Waals surface area (Å²) in [5.41, 5.74) is 5.32. The molecule has 4 aromatic rings. The molecule has 0 bridgehead atoms. The highest BCUT2D eigenvalue weighted by Crippen LogP contribution is 2.35. The molecule has 2 N–H and O–H groups in total. The zero-order valence-electron chi connectivity index (χ0n) is 16.6. The molecule has 0 atom stereocenters. The number of halogens is 1. The number of fused-ring (bicyclic) bond motifs is 1. The second-order valence-electron chi connectivity index (χ2n) is 7.65. The minimum absolute atomic E-state index is 0.164. The van der Waals surface area contributed by atoms with Crippen molar-refractivity contribution in [2.24, 2.45) is 0 Å². The molecular formula is C23H22ClN5O. The second kappa shape index (κ2) is 7.63. The molecule has 7 heteroatoms. The Labute approximate surface area is 179 Å². The van der Waals surface area contributed by atoms with Crippen molar-refractivity contribution >= 4 is 28.3 Å². The van der Waals surface area contributed by atoms with Gasteiger partial charge in [0.1, 0.15) is 16.7 Å². The van der Waals surface area contributed by atoms with Crippen LogP contribution in [-0.4, -0.2) is 58.2 Å². The summed E-state index contributed by atoms with van der Waals surface area (Å²) in [6.45, 7) is 4.14. The van der Waals surface area contributed by atoms with Gasteiger partial charge in [0, 0.05) is 43.6 Å². The molecule has 2 aromatic heterocycles. The normalized spacial score (nSPS) is 15.1. The van der Waals surface area contributed by atoms with Crippen molar-refractivity contribution in [2.45, 2.75) is 0 Å². The number of likely N-dealkylation sites (N-methyl/N-ethyl adjacent to an activating group) is 1. The molecule has 0 unspecified atom stereocenters. The second-order valence-corrected chi connectivity index (χ2v) is 8.01. The lowest BCUT2D eigenvalue weighted by molar-refractivity contribution is 0.313. The minimum Gasteiger partial charge on any atom is -0.507 e. The largest absolute Gasteiger partial charge is 0.507 e. The molecule has 1 aliphatic heterocycles. The number of aromatic amines is 1. The first-order chi connectivity index (χ1) is 14.6. The van der Waals surface area contributed by atoms with Crippen LogP contribution in [0.15, 0.2) is 54.7 Å². The number of aromatic nitrogens is 3. The van der Waals surface area contributed by atoms with Gasteiger partial charge in [-0.05, 0) is 55.1 Å². The average molecular weight is 420 g/mol. The summed E-state index contributed by atoms with van der Waals surface area (Å²) in [5.74, 6) is 0.789. The Hall–Kier alpha value is -3.09. The van der Waals surface area contributed by atoms with Crippen molar-refractivity contribution in [3.05, 3.63) is 59.9 Å². The van der Waals surface area contributed by atoms with Crippen LogP contribution < -0.4 is 4.90 Å². The van der Waals surface area contributed by atoms with Crippen molar-refractivity contribution in [3.8, 4) is 28.3 Å². The Morgan fingerprint density at radius 2 is 1.83 bits per heavy atom. The van der Waals surface area contributed by atoms with E-state index in [1.807, 2.05) is 30.3 Å². The van der Waals surface area contributed by atoms with Gasteiger partial charge in [0.2, 0.25) is 0 Å². The number of hydrogen-bond acceptors (Lipinski definition) is 5. The summed E-state index contributed by atoms with van der Waals surface area (Å²) in [6.07, 6.45) is 1.66. The predicted molar refractivity (Wildman–Crippen MR) is 121 cm³/mol. The van der Waals surface area contributed by atoms with Crippen LogP contribution in [0.1, 0.15) is 0 Å². The first-order valence-electron chi connectivity index (χ1n) is 9.96. The fourth-order valence-electron chi connectivity index (χ4n) is 3.88. The van der Waals surface area contributed by atoms with E-state index in [-0.39, 0.29) is 5.75 Å². The van der Waals surface area contributed by atoms with E-state index in [0.717, 1.165) is 48.3 Å². The topological polar surface area (TPSA) is 68.3 Å². The number of phenols is 1. The molecule has 0 aliphatic carbocycles. The first-order valence-corrected chi connectivity index (χ1v) is 10.3. The maximum atomic E-state index is 10.5. The summed E-state index contributed by atoms with van der Waals surface area (Å²) in [4.78, 5) is 17.0. The van der Waals surface area contributed by atoms with Gasteiger partial charge in [-0.15, -0.1) is 0 Å². The standard InChI is InChI=1S/C23H22ClN5O/c1-28-9-11-29(12-10-28)16-5-6-19-20(14-16)27-23(26-19)18-13-15(4-7-21(18)30)17-3-2-8-25-22(17)24/h2-8,13-14,30H,9-12H2,1H3,(H,26,27). The van der Waals surface area contributed by atoms with Gasteiger partial charge < -0.3 is 19.9 Å². The molecule has 0 spiro atoms. The number of anilines is 1. The van der Waals surface area contributed by atoms with Crippen LogP contribution in [0.4, 0.5) is 5.69 Å².